The molecule has 0 saturated carbocycles. The average Bonchev–Trinajstić information content (AvgIpc) is 2.49. The van der Waals surface area contributed by atoms with Crippen molar-refractivity contribution in [3.63, 3.8) is 0 Å². The van der Waals surface area contributed by atoms with Crippen LogP contribution >= 0.6 is 0 Å². The van der Waals surface area contributed by atoms with Gasteiger partial charge < -0.3 is 4.74 Å². The smallest absolute Gasteiger partial charge is 0.346 e. The highest BCUT2D eigenvalue weighted by Crippen LogP contribution is 2.15. The van der Waals surface area contributed by atoms with Crippen LogP contribution in [-0.4, -0.2) is 11.9 Å². The number of hydrogen-bond donors (Lipinski definition) is 0. The van der Waals surface area contributed by atoms with Gasteiger partial charge in [0.2, 0.25) is 0 Å². The first-order chi connectivity index (χ1) is 10.2. The Labute approximate surface area is 124 Å². The Bertz CT molecular complexity index is 617. The van der Waals surface area contributed by atoms with E-state index in [1.165, 1.54) is 0 Å². The topological polar surface area (TPSA) is 43.4 Å². The van der Waals surface area contributed by atoms with E-state index in [0.29, 0.717) is 18.4 Å². The summed E-state index contributed by atoms with van der Waals surface area (Å²) in [5.41, 5.74) is 2.42. The molecule has 0 aliphatic rings. The quantitative estimate of drug-likeness (QED) is 0.619. The van der Waals surface area contributed by atoms with Crippen molar-refractivity contribution in [2.24, 2.45) is 0 Å². The normalized spacial score (nSPS) is 10.1. The number of ether oxygens (including phenoxy) is 1. The molecule has 0 atom stereocenters. The lowest BCUT2D eigenvalue weighted by atomic mass is 10.00. The fraction of sp³-hybridized carbons (Fsp3) is 0.222. The van der Waals surface area contributed by atoms with Gasteiger partial charge in [-0.15, -0.1) is 0 Å². The van der Waals surface area contributed by atoms with Gasteiger partial charge in [-0.05, 0) is 30.0 Å². The van der Waals surface area contributed by atoms with E-state index < -0.39 is 11.9 Å². The second-order valence-electron chi connectivity index (χ2n) is 4.83. The summed E-state index contributed by atoms with van der Waals surface area (Å²) in [5, 5.41) is 0. The lowest BCUT2D eigenvalue weighted by molar-refractivity contribution is -0.137. The lowest BCUT2D eigenvalue weighted by Gasteiger charge is -2.08. The van der Waals surface area contributed by atoms with E-state index in [4.69, 9.17) is 4.74 Å². The van der Waals surface area contributed by atoms with Crippen molar-refractivity contribution in [1.82, 2.24) is 0 Å². The van der Waals surface area contributed by atoms with Gasteiger partial charge >= 0.3 is 11.9 Å². The SMILES string of the molecule is CCCC(=O)OC(=O)c1ccccc1Cc1ccccc1. The van der Waals surface area contributed by atoms with Crippen LogP contribution in [-0.2, 0) is 16.0 Å². The Balaban J connectivity index is 2.17. The molecule has 0 aliphatic heterocycles. The minimum atomic E-state index is -0.569. The van der Waals surface area contributed by atoms with E-state index in [1.807, 2.05) is 49.4 Å². The van der Waals surface area contributed by atoms with Crippen LogP contribution < -0.4 is 0 Å². The van der Waals surface area contributed by atoms with Crippen molar-refractivity contribution in [2.75, 3.05) is 0 Å². The van der Waals surface area contributed by atoms with E-state index in [2.05, 4.69) is 0 Å². The fourth-order valence-electron chi connectivity index (χ4n) is 2.10. The Morgan fingerprint density at radius 3 is 2.33 bits per heavy atom. The summed E-state index contributed by atoms with van der Waals surface area (Å²) in [4.78, 5) is 23.6. The van der Waals surface area contributed by atoms with E-state index in [1.54, 1.807) is 12.1 Å². The molecule has 0 aromatic heterocycles. The Morgan fingerprint density at radius 2 is 1.62 bits per heavy atom. The molecule has 2 aromatic carbocycles. The summed E-state index contributed by atoms with van der Waals surface area (Å²) in [6.07, 6.45) is 1.55. The number of esters is 2. The van der Waals surface area contributed by atoms with Crippen LogP contribution in [0.2, 0.25) is 0 Å². The standard InChI is InChI=1S/C18H18O3/c1-2-8-17(19)21-18(20)16-12-7-6-11-15(16)13-14-9-4-3-5-10-14/h3-7,9-12H,2,8,13H2,1H3. The minimum absolute atomic E-state index is 0.257. The van der Waals surface area contributed by atoms with Crippen LogP contribution in [0.15, 0.2) is 54.6 Å². The largest absolute Gasteiger partial charge is 0.389 e. The highest BCUT2D eigenvalue weighted by atomic mass is 16.6. The molecule has 0 saturated heterocycles. The molecule has 0 unspecified atom stereocenters. The van der Waals surface area contributed by atoms with Crippen LogP contribution in [0, 0.1) is 0 Å². The van der Waals surface area contributed by atoms with Crippen molar-refractivity contribution in [3.05, 3.63) is 71.3 Å². The first-order valence-corrected chi connectivity index (χ1v) is 7.07. The number of benzene rings is 2. The van der Waals surface area contributed by atoms with Crippen LogP contribution in [0.1, 0.15) is 41.3 Å². The van der Waals surface area contributed by atoms with Gasteiger partial charge in [0, 0.05) is 6.42 Å². The molecule has 0 amide bonds. The van der Waals surface area contributed by atoms with Gasteiger partial charge in [-0.2, -0.15) is 0 Å². The molecule has 0 radical (unpaired) electrons. The molecule has 2 aromatic rings. The molecule has 0 spiro atoms. The van der Waals surface area contributed by atoms with Gasteiger partial charge in [-0.25, -0.2) is 4.79 Å². The van der Waals surface area contributed by atoms with Crippen LogP contribution in [0.5, 0.6) is 0 Å². The van der Waals surface area contributed by atoms with Crippen molar-refractivity contribution in [2.45, 2.75) is 26.2 Å². The molecule has 108 valence electrons. The molecular formula is C18H18O3. The second kappa shape index (κ2) is 7.39. The average molecular weight is 282 g/mol. The molecule has 0 heterocycles. The van der Waals surface area contributed by atoms with Crippen molar-refractivity contribution in [3.8, 4) is 0 Å². The zero-order valence-corrected chi connectivity index (χ0v) is 12.0. The highest BCUT2D eigenvalue weighted by Gasteiger charge is 2.15. The molecule has 0 N–H and O–H groups in total. The maximum atomic E-state index is 12.1. The number of carbonyl (C=O) groups is 2. The fourth-order valence-corrected chi connectivity index (χ4v) is 2.10. The summed E-state index contributed by atoms with van der Waals surface area (Å²) in [5.74, 6) is -1.04. The van der Waals surface area contributed by atoms with E-state index >= 15 is 0 Å². The molecule has 3 heteroatoms. The third-order valence-electron chi connectivity index (χ3n) is 3.14. The van der Waals surface area contributed by atoms with Crippen LogP contribution in [0.4, 0.5) is 0 Å². The summed E-state index contributed by atoms with van der Waals surface area (Å²) >= 11 is 0. The summed E-state index contributed by atoms with van der Waals surface area (Å²) in [7, 11) is 0. The van der Waals surface area contributed by atoms with Crippen molar-refractivity contribution >= 4 is 11.9 Å². The third-order valence-corrected chi connectivity index (χ3v) is 3.14. The molecule has 0 bridgehead atoms. The summed E-state index contributed by atoms with van der Waals surface area (Å²) < 4.78 is 4.88. The minimum Gasteiger partial charge on any atom is -0.389 e. The van der Waals surface area contributed by atoms with Gasteiger partial charge in [-0.1, -0.05) is 55.5 Å². The molecule has 3 nitrogen and oxygen atoms in total. The zero-order valence-electron chi connectivity index (χ0n) is 12.0. The van der Waals surface area contributed by atoms with Gasteiger partial charge in [-0.3, -0.25) is 4.79 Å². The van der Waals surface area contributed by atoms with Gasteiger partial charge in [0.15, 0.2) is 0 Å². The first kappa shape index (κ1) is 15.0. The lowest BCUT2D eigenvalue weighted by Crippen LogP contribution is -2.14. The molecule has 2 rings (SSSR count). The Hall–Kier alpha value is -2.42. The first-order valence-electron chi connectivity index (χ1n) is 7.07. The van der Waals surface area contributed by atoms with E-state index in [-0.39, 0.29) is 6.42 Å². The third kappa shape index (κ3) is 4.28. The van der Waals surface area contributed by atoms with E-state index in [9.17, 15) is 9.59 Å². The monoisotopic (exact) mass is 282 g/mol. The predicted octanol–water partition coefficient (Wildman–Crippen LogP) is 3.76. The zero-order chi connectivity index (χ0) is 15.1. The van der Waals surface area contributed by atoms with E-state index in [0.717, 1.165) is 11.1 Å². The number of hydrogen-bond acceptors (Lipinski definition) is 3. The van der Waals surface area contributed by atoms with Crippen molar-refractivity contribution < 1.29 is 14.3 Å². The maximum Gasteiger partial charge on any atom is 0.346 e. The highest BCUT2D eigenvalue weighted by molar-refractivity contribution is 5.97. The molecule has 21 heavy (non-hydrogen) atoms. The van der Waals surface area contributed by atoms with Gasteiger partial charge in [0.1, 0.15) is 0 Å². The van der Waals surface area contributed by atoms with Crippen LogP contribution in [0.25, 0.3) is 0 Å². The number of rotatable bonds is 5. The van der Waals surface area contributed by atoms with Crippen LogP contribution in [0.3, 0.4) is 0 Å². The second-order valence-corrected chi connectivity index (χ2v) is 4.83. The summed E-state index contributed by atoms with van der Waals surface area (Å²) in [6, 6.07) is 17.1. The van der Waals surface area contributed by atoms with Crippen molar-refractivity contribution in [1.29, 1.82) is 0 Å². The number of carbonyl (C=O) groups excluding carboxylic acids is 2. The van der Waals surface area contributed by atoms with Gasteiger partial charge in [0.25, 0.3) is 0 Å². The molecular weight excluding hydrogens is 264 g/mol. The molecule has 0 fully saturated rings. The predicted molar refractivity (Wildman–Crippen MR) is 81.0 cm³/mol. The Morgan fingerprint density at radius 1 is 0.952 bits per heavy atom. The molecule has 0 aliphatic carbocycles. The Kier molecular flexibility index (Phi) is 5.27. The summed E-state index contributed by atoms with van der Waals surface area (Å²) in [6.45, 7) is 1.87. The van der Waals surface area contributed by atoms with Gasteiger partial charge in [0.05, 0.1) is 5.56 Å². The maximum absolute atomic E-state index is 12.1.